The van der Waals surface area contributed by atoms with Crippen LogP contribution in [-0.2, 0) is 9.59 Å². The smallest absolute Gasteiger partial charge is 0.244 e. The van der Waals surface area contributed by atoms with Gasteiger partial charge < -0.3 is 16.0 Å². The lowest BCUT2D eigenvalue weighted by Crippen LogP contribution is -2.44. The zero-order valence-electron chi connectivity index (χ0n) is 9.99. The molecule has 1 saturated heterocycles. The average molecular weight is 225 g/mol. The summed E-state index contributed by atoms with van der Waals surface area (Å²) in [5.74, 6) is -0.625. The molecule has 5 heteroatoms. The maximum atomic E-state index is 11.9. The summed E-state index contributed by atoms with van der Waals surface area (Å²) < 4.78 is 0. The number of amides is 1. The van der Waals surface area contributed by atoms with Gasteiger partial charge in [-0.25, -0.2) is 0 Å². The van der Waals surface area contributed by atoms with E-state index in [0.717, 1.165) is 13.0 Å². The largest absolute Gasteiger partial charge is 0.366 e. The highest BCUT2D eigenvalue weighted by atomic mass is 16.1. The van der Waals surface area contributed by atoms with E-state index in [2.05, 4.69) is 5.32 Å². The molecule has 1 unspecified atom stereocenters. The summed E-state index contributed by atoms with van der Waals surface area (Å²) in [4.78, 5) is 24.8. The summed E-state index contributed by atoms with van der Waals surface area (Å²) in [5, 5.41) is 3.14. The molecular weight excluding hydrogens is 206 g/mol. The zero-order chi connectivity index (χ0) is 12.3. The molecule has 1 amide bonds. The van der Waals surface area contributed by atoms with Gasteiger partial charge in [0, 0.05) is 11.6 Å². The van der Waals surface area contributed by atoms with E-state index in [1.165, 1.54) is 6.08 Å². The Morgan fingerprint density at radius 3 is 2.56 bits per heavy atom. The van der Waals surface area contributed by atoms with Crippen LogP contribution >= 0.6 is 0 Å². The molecule has 3 N–H and O–H groups in total. The van der Waals surface area contributed by atoms with Crippen LogP contribution in [0, 0.1) is 0 Å². The van der Waals surface area contributed by atoms with Crippen LogP contribution in [0.4, 0.5) is 0 Å². The topological polar surface area (TPSA) is 75.4 Å². The molecule has 0 bridgehead atoms. The van der Waals surface area contributed by atoms with Crippen LogP contribution in [0.1, 0.15) is 13.3 Å². The first-order chi connectivity index (χ1) is 7.43. The Hall–Kier alpha value is -1.20. The SMILES string of the molecule is CC(=CC(=O)[C@H]1NCCC1N(C)C)C(N)=O. The normalized spacial score (nSPS) is 26.1. The highest BCUT2D eigenvalue weighted by Crippen LogP contribution is 2.14. The number of likely N-dealkylation sites (N-methyl/N-ethyl adjacent to an activating group) is 1. The summed E-state index contributed by atoms with van der Waals surface area (Å²) in [6, 6.07) is -0.0475. The Kier molecular flexibility index (Phi) is 4.20. The molecule has 0 aromatic rings. The van der Waals surface area contributed by atoms with Gasteiger partial charge in [0.15, 0.2) is 5.78 Å². The summed E-state index contributed by atoms with van der Waals surface area (Å²) in [6.45, 7) is 2.38. The van der Waals surface area contributed by atoms with Crippen molar-refractivity contribution in [1.29, 1.82) is 0 Å². The van der Waals surface area contributed by atoms with Crippen molar-refractivity contribution in [3.8, 4) is 0 Å². The molecule has 1 aliphatic heterocycles. The predicted octanol–water partition coefficient (Wildman–Crippen LogP) is -0.721. The number of carbonyl (C=O) groups excluding carboxylic acids is 2. The Bertz CT molecular complexity index is 323. The van der Waals surface area contributed by atoms with Crippen molar-refractivity contribution in [2.45, 2.75) is 25.4 Å². The molecular formula is C11H19N3O2. The number of primary amides is 1. The quantitative estimate of drug-likeness (QED) is 0.619. The molecule has 0 aromatic carbocycles. The molecule has 0 radical (unpaired) electrons. The van der Waals surface area contributed by atoms with Crippen LogP contribution in [0.15, 0.2) is 11.6 Å². The summed E-state index contributed by atoms with van der Waals surface area (Å²) >= 11 is 0. The minimum absolute atomic E-state index is 0.0764. The van der Waals surface area contributed by atoms with Crippen LogP contribution in [0.2, 0.25) is 0 Å². The number of nitrogens with zero attached hydrogens (tertiary/aromatic N) is 1. The predicted molar refractivity (Wildman–Crippen MR) is 61.8 cm³/mol. The number of nitrogens with one attached hydrogen (secondary N) is 1. The fourth-order valence-corrected chi connectivity index (χ4v) is 1.91. The lowest BCUT2D eigenvalue weighted by Gasteiger charge is -2.23. The summed E-state index contributed by atoms with van der Waals surface area (Å²) in [7, 11) is 3.89. The van der Waals surface area contributed by atoms with E-state index in [1.54, 1.807) is 6.92 Å². The molecule has 2 atom stereocenters. The lowest BCUT2D eigenvalue weighted by molar-refractivity contribution is -0.118. The Morgan fingerprint density at radius 1 is 1.44 bits per heavy atom. The summed E-state index contributed by atoms with van der Waals surface area (Å²) in [5.41, 5.74) is 5.39. The average Bonchev–Trinajstić information content (AvgIpc) is 2.65. The van der Waals surface area contributed by atoms with Gasteiger partial charge >= 0.3 is 0 Å². The number of nitrogens with two attached hydrogens (primary N) is 1. The second kappa shape index (κ2) is 5.23. The monoisotopic (exact) mass is 225 g/mol. The number of hydrogen-bond acceptors (Lipinski definition) is 4. The molecule has 0 spiro atoms. The fraction of sp³-hybridized carbons (Fsp3) is 0.636. The van der Waals surface area contributed by atoms with E-state index in [-0.39, 0.29) is 17.9 Å². The van der Waals surface area contributed by atoms with Crippen LogP contribution in [0.3, 0.4) is 0 Å². The maximum Gasteiger partial charge on any atom is 0.244 e. The van der Waals surface area contributed by atoms with Crippen molar-refractivity contribution in [3.05, 3.63) is 11.6 Å². The van der Waals surface area contributed by atoms with Crippen molar-refractivity contribution >= 4 is 11.7 Å². The van der Waals surface area contributed by atoms with Gasteiger partial charge in [-0.2, -0.15) is 0 Å². The molecule has 1 rings (SSSR count). The first-order valence-corrected chi connectivity index (χ1v) is 5.35. The van der Waals surface area contributed by atoms with E-state index in [1.807, 2.05) is 19.0 Å². The second-order valence-corrected chi connectivity index (χ2v) is 4.35. The zero-order valence-corrected chi connectivity index (χ0v) is 9.99. The second-order valence-electron chi connectivity index (χ2n) is 4.35. The van der Waals surface area contributed by atoms with Crippen molar-refractivity contribution in [1.82, 2.24) is 10.2 Å². The van der Waals surface area contributed by atoms with Crippen molar-refractivity contribution in [2.24, 2.45) is 5.73 Å². The van der Waals surface area contributed by atoms with Gasteiger partial charge in [0.2, 0.25) is 5.91 Å². The van der Waals surface area contributed by atoms with E-state index in [0.29, 0.717) is 5.57 Å². The van der Waals surface area contributed by atoms with Gasteiger partial charge in [0.05, 0.1) is 6.04 Å². The third-order valence-electron chi connectivity index (χ3n) is 2.91. The highest BCUT2D eigenvalue weighted by molar-refractivity contribution is 6.03. The Balaban J connectivity index is 2.74. The van der Waals surface area contributed by atoms with E-state index < -0.39 is 5.91 Å². The maximum absolute atomic E-state index is 11.9. The van der Waals surface area contributed by atoms with Gasteiger partial charge in [-0.1, -0.05) is 0 Å². The van der Waals surface area contributed by atoms with Gasteiger partial charge in [0.1, 0.15) is 0 Å². The number of rotatable bonds is 4. The standard InChI is InChI=1S/C11H19N3O2/c1-7(11(12)16)6-9(15)10-8(14(2)3)4-5-13-10/h6,8,10,13H,4-5H2,1-3H3,(H2,12,16)/t8?,10-/m0/s1. The molecule has 1 heterocycles. The molecule has 90 valence electrons. The number of ketones is 1. The molecule has 0 saturated carbocycles. The Labute approximate surface area is 95.7 Å². The minimum atomic E-state index is -0.548. The van der Waals surface area contributed by atoms with Crippen LogP contribution in [0.25, 0.3) is 0 Å². The first-order valence-electron chi connectivity index (χ1n) is 5.35. The molecule has 16 heavy (non-hydrogen) atoms. The molecule has 0 aliphatic carbocycles. The van der Waals surface area contributed by atoms with Gasteiger partial charge in [-0.3, -0.25) is 9.59 Å². The Morgan fingerprint density at radius 2 is 2.06 bits per heavy atom. The highest BCUT2D eigenvalue weighted by Gasteiger charge is 2.32. The van der Waals surface area contributed by atoms with Gasteiger partial charge in [0.25, 0.3) is 0 Å². The van der Waals surface area contributed by atoms with Crippen LogP contribution in [-0.4, -0.2) is 49.3 Å². The summed E-state index contributed by atoms with van der Waals surface area (Å²) in [6.07, 6.45) is 2.27. The van der Waals surface area contributed by atoms with Crippen molar-refractivity contribution < 1.29 is 9.59 Å². The van der Waals surface area contributed by atoms with Crippen molar-refractivity contribution in [2.75, 3.05) is 20.6 Å². The number of carbonyl (C=O) groups is 2. The lowest BCUT2D eigenvalue weighted by atomic mass is 10.0. The molecule has 5 nitrogen and oxygen atoms in total. The third kappa shape index (κ3) is 2.90. The third-order valence-corrected chi connectivity index (χ3v) is 2.91. The molecule has 1 aliphatic rings. The van der Waals surface area contributed by atoms with E-state index >= 15 is 0 Å². The molecule has 0 aromatic heterocycles. The minimum Gasteiger partial charge on any atom is -0.366 e. The molecule has 1 fully saturated rings. The van der Waals surface area contributed by atoms with Gasteiger partial charge in [-0.15, -0.1) is 0 Å². The fourth-order valence-electron chi connectivity index (χ4n) is 1.91. The van der Waals surface area contributed by atoms with Crippen molar-refractivity contribution in [3.63, 3.8) is 0 Å². The van der Waals surface area contributed by atoms with E-state index in [4.69, 9.17) is 5.73 Å². The van der Waals surface area contributed by atoms with Crippen LogP contribution < -0.4 is 11.1 Å². The van der Waals surface area contributed by atoms with Crippen LogP contribution in [0.5, 0.6) is 0 Å². The first kappa shape index (κ1) is 12.9. The van der Waals surface area contributed by atoms with E-state index in [9.17, 15) is 9.59 Å². The van der Waals surface area contributed by atoms with Gasteiger partial charge in [-0.05, 0) is 40.1 Å². The number of hydrogen-bond donors (Lipinski definition) is 2.